The van der Waals surface area contributed by atoms with E-state index in [4.69, 9.17) is 27.7 Å². The normalized spacial score (nSPS) is 16.7. The Labute approximate surface area is 184 Å². The van der Waals surface area contributed by atoms with Crippen molar-refractivity contribution >= 4 is 35.0 Å². The third-order valence-corrected chi connectivity index (χ3v) is 5.28. The van der Waals surface area contributed by atoms with Gasteiger partial charge in [0.25, 0.3) is 0 Å². The summed E-state index contributed by atoms with van der Waals surface area (Å²) >= 11 is 12.3. The van der Waals surface area contributed by atoms with E-state index in [2.05, 4.69) is 35.7 Å². The first-order valence-electron chi connectivity index (χ1n) is 9.53. The number of pyridine rings is 1. The Balaban J connectivity index is 1.31. The minimum absolute atomic E-state index is 0.221. The monoisotopic (exact) mass is 445 g/mol. The number of halogens is 2. The molecule has 156 valence electrons. The Hall–Kier alpha value is -2.84. The number of hydrogen-bond acceptors (Lipinski definition) is 6. The average Bonchev–Trinajstić information content (AvgIpc) is 3.41. The van der Waals surface area contributed by atoms with Crippen LogP contribution in [0.25, 0.3) is 11.4 Å². The highest BCUT2D eigenvalue weighted by atomic mass is 35.5. The lowest BCUT2D eigenvalue weighted by Crippen LogP contribution is -2.44. The molecule has 10 heteroatoms. The highest BCUT2D eigenvalue weighted by Gasteiger charge is 2.25. The van der Waals surface area contributed by atoms with Crippen molar-refractivity contribution in [3.8, 4) is 11.4 Å². The fourth-order valence-electron chi connectivity index (χ4n) is 3.30. The Bertz CT molecular complexity index is 1040. The van der Waals surface area contributed by atoms with Crippen molar-refractivity contribution in [2.75, 3.05) is 25.0 Å². The third-order valence-electron chi connectivity index (χ3n) is 4.75. The lowest BCUT2D eigenvalue weighted by Gasteiger charge is -2.20. The van der Waals surface area contributed by atoms with Crippen molar-refractivity contribution in [2.45, 2.75) is 19.0 Å². The Morgan fingerprint density at radius 1 is 1.30 bits per heavy atom. The van der Waals surface area contributed by atoms with Gasteiger partial charge in [0.05, 0.1) is 11.6 Å². The number of nitrogens with zero attached hydrogens (tertiary/aromatic N) is 5. The zero-order chi connectivity index (χ0) is 20.9. The van der Waals surface area contributed by atoms with Crippen molar-refractivity contribution in [2.24, 2.45) is 4.99 Å². The van der Waals surface area contributed by atoms with E-state index in [-0.39, 0.29) is 6.04 Å². The van der Waals surface area contributed by atoms with Crippen molar-refractivity contribution in [3.63, 3.8) is 0 Å². The minimum atomic E-state index is 0.221. The van der Waals surface area contributed by atoms with Crippen LogP contribution < -0.4 is 15.5 Å². The molecular formula is C20H21Cl2N7O. The topological polar surface area (TPSA) is 91.5 Å². The van der Waals surface area contributed by atoms with E-state index in [1.807, 2.05) is 24.3 Å². The second-order valence-corrected chi connectivity index (χ2v) is 7.68. The first kappa shape index (κ1) is 20.4. The standard InChI is InChI=1S/C20H21Cl2N7O/c1-23-20(26-15-7-9-29(12-15)19-16(22)6-3-8-24-19)25-11-17-27-18(28-30-17)13-4-2-5-14(21)10-13/h2-6,8,10,15H,7,9,11-12H2,1H3,(H2,23,25,26). The van der Waals surface area contributed by atoms with Gasteiger partial charge in [-0.25, -0.2) is 4.98 Å². The fraction of sp³-hybridized carbons (Fsp3) is 0.300. The van der Waals surface area contributed by atoms with E-state index in [0.29, 0.717) is 34.3 Å². The maximum atomic E-state index is 6.27. The Morgan fingerprint density at radius 2 is 2.20 bits per heavy atom. The third kappa shape index (κ3) is 4.83. The largest absolute Gasteiger partial charge is 0.353 e. The van der Waals surface area contributed by atoms with Gasteiger partial charge in [-0.1, -0.05) is 40.5 Å². The predicted octanol–water partition coefficient (Wildman–Crippen LogP) is 3.38. The molecule has 0 aliphatic carbocycles. The van der Waals surface area contributed by atoms with Gasteiger partial charge in [0, 0.05) is 43.0 Å². The van der Waals surface area contributed by atoms with Gasteiger partial charge >= 0.3 is 0 Å². The summed E-state index contributed by atoms with van der Waals surface area (Å²) in [4.78, 5) is 15.3. The van der Waals surface area contributed by atoms with E-state index in [1.165, 1.54) is 0 Å². The number of hydrogen-bond donors (Lipinski definition) is 2. The zero-order valence-electron chi connectivity index (χ0n) is 16.3. The van der Waals surface area contributed by atoms with Gasteiger partial charge in [-0.05, 0) is 30.7 Å². The summed E-state index contributed by atoms with van der Waals surface area (Å²) in [5.41, 5.74) is 0.805. The maximum absolute atomic E-state index is 6.27. The first-order valence-corrected chi connectivity index (χ1v) is 10.3. The summed E-state index contributed by atoms with van der Waals surface area (Å²) in [6, 6.07) is 11.2. The summed E-state index contributed by atoms with van der Waals surface area (Å²) in [5, 5.41) is 11.9. The molecule has 8 nitrogen and oxygen atoms in total. The van der Waals surface area contributed by atoms with Gasteiger partial charge in [0.1, 0.15) is 5.82 Å². The van der Waals surface area contributed by atoms with Crippen LogP contribution in [0.2, 0.25) is 10.0 Å². The van der Waals surface area contributed by atoms with Crippen LogP contribution in [0, 0.1) is 0 Å². The molecular weight excluding hydrogens is 425 g/mol. The van der Waals surface area contributed by atoms with Crippen LogP contribution in [0.5, 0.6) is 0 Å². The van der Waals surface area contributed by atoms with E-state index < -0.39 is 0 Å². The van der Waals surface area contributed by atoms with Crippen molar-refractivity contribution in [3.05, 3.63) is 58.5 Å². The fourth-order valence-corrected chi connectivity index (χ4v) is 3.73. The number of anilines is 1. The highest BCUT2D eigenvalue weighted by Crippen LogP contribution is 2.25. The van der Waals surface area contributed by atoms with Crippen LogP contribution in [0.4, 0.5) is 5.82 Å². The summed E-state index contributed by atoms with van der Waals surface area (Å²) < 4.78 is 5.33. The molecule has 0 amide bonds. The van der Waals surface area contributed by atoms with Crippen LogP contribution in [-0.4, -0.2) is 47.3 Å². The molecule has 1 fully saturated rings. The van der Waals surface area contributed by atoms with Gasteiger partial charge in [-0.3, -0.25) is 4.99 Å². The summed E-state index contributed by atoms with van der Waals surface area (Å²) in [7, 11) is 1.73. The Kier molecular flexibility index (Phi) is 6.35. The molecule has 2 N–H and O–H groups in total. The van der Waals surface area contributed by atoms with Gasteiger partial charge in [0.2, 0.25) is 11.7 Å². The van der Waals surface area contributed by atoms with Crippen LogP contribution >= 0.6 is 23.2 Å². The molecule has 30 heavy (non-hydrogen) atoms. The van der Waals surface area contributed by atoms with Crippen molar-refractivity contribution in [1.82, 2.24) is 25.8 Å². The number of aliphatic imine (C=N–C) groups is 1. The quantitative estimate of drug-likeness (QED) is 0.459. The Morgan fingerprint density at radius 3 is 3.00 bits per heavy atom. The van der Waals surface area contributed by atoms with E-state index in [1.54, 1.807) is 25.4 Å². The number of guanidine groups is 1. The van der Waals surface area contributed by atoms with Crippen LogP contribution in [0.3, 0.4) is 0 Å². The zero-order valence-corrected chi connectivity index (χ0v) is 17.9. The molecule has 3 aromatic rings. The van der Waals surface area contributed by atoms with E-state index >= 15 is 0 Å². The average molecular weight is 446 g/mol. The van der Waals surface area contributed by atoms with E-state index in [9.17, 15) is 0 Å². The first-order chi connectivity index (χ1) is 14.6. The predicted molar refractivity (Wildman–Crippen MR) is 118 cm³/mol. The summed E-state index contributed by atoms with van der Waals surface area (Å²) in [5.74, 6) is 2.43. The molecule has 4 rings (SSSR count). The molecule has 3 heterocycles. The molecule has 0 radical (unpaired) electrons. The van der Waals surface area contributed by atoms with Gasteiger partial charge in [-0.2, -0.15) is 4.98 Å². The summed E-state index contributed by atoms with van der Waals surface area (Å²) in [6.07, 6.45) is 2.71. The molecule has 1 aromatic carbocycles. The molecule has 0 saturated carbocycles. The molecule has 1 saturated heterocycles. The lowest BCUT2D eigenvalue weighted by atomic mass is 10.2. The smallest absolute Gasteiger partial charge is 0.246 e. The molecule has 1 atom stereocenters. The van der Waals surface area contributed by atoms with Crippen LogP contribution in [0.15, 0.2) is 52.1 Å². The second kappa shape index (κ2) is 9.32. The van der Waals surface area contributed by atoms with Gasteiger partial charge < -0.3 is 20.1 Å². The van der Waals surface area contributed by atoms with E-state index in [0.717, 1.165) is 30.9 Å². The van der Waals surface area contributed by atoms with Crippen molar-refractivity contribution < 1.29 is 4.52 Å². The maximum Gasteiger partial charge on any atom is 0.246 e. The molecule has 0 spiro atoms. The lowest BCUT2D eigenvalue weighted by molar-refractivity contribution is 0.375. The molecule has 1 unspecified atom stereocenters. The second-order valence-electron chi connectivity index (χ2n) is 6.83. The minimum Gasteiger partial charge on any atom is -0.353 e. The molecule has 1 aliphatic heterocycles. The van der Waals surface area contributed by atoms with Crippen LogP contribution in [0.1, 0.15) is 12.3 Å². The van der Waals surface area contributed by atoms with Gasteiger partial charge in [0.15, 0.2) is 5.96 Å². The number of rotatable bonds is 5. The number of aromatic nitrogens is 3. The van der Waals surface area contributed by atoms with Crippen molar-refractivity contribution in [1.29, 1.82) is 0 Å². The highest BCUT2D eigenvalue weighted by molar-refractivity contribution is 6.33. The molecule has 2 aromatic heterocycles. The van der Waals surface area contributed by atoms with Crippen LogP contribution in [-0.2, 0) is 6.54 Å². The van der Waals surface area contributed by atoms with Gasteiger partial charge in [-0.15, -0.1) is 0 Å². The molecule has 1 aliphatic rings. The SMILES string of the molecule is CN=C(NCc1nc(-c2cccc(Cl)c2)no1)NC1CCN(c2ncccc2Cl)C1. The number of nitrogens with one attached hydrogen (secondary N) is 2. The molecule has 0 bridgehead atoms. The summed E-state index contributed by atoms with van der Waals surface area (Å²) in [6.45, 7) is 2.02. The number of benzene rings is 1.